The largest absolute Gasteiger partial charge is 0.367 e. The summed E-state index contributed by atoms with van der Waals surface area (Å²) in [6.45, 7) is 2.80. The maximum absolute atomic E-state index is 12.4. The van der Waals surface area contributed by atoms with Crippen LogP contribution in [0.25, 0.3) is 11.1 Å². The molecule has 0 radical (unpaired) electrons. The Morgan fingerprint density at radius 2 is 1.74 bits per heavy atom. The van der Waals surface area contributed by atoms with Crippen molar-refractivity contribution in [2.24, 2.45) is 0 Å². The predicted octanol–water partition coefficient (Wildman–Crippen LogP) is 2.89. The highest BCUT2D eigenvalue weighted by molar-refractivity contribution is 5.88. The van der Waals surface area contributed by atoms with Crippen LogP contribution in [0.2, 0.25) is 0 Å². The van der Waals surface area contributed by atoms with Gasteiger partial charge in [0.2, 0.25) is 0 Å². The molecular weight excluding hydrogens is 340 g/mol. The molecule has 3 aromatic rings. The lowest BCUT2D eigenvalue weighted by molar-refractivity contribution is 0.208. The van der Waals surface area contributed by atoms with E-state index in [1.807, 2.05) is 30.6 Å². The first-order valence-corrected chi connectivity index (χ1v) is 8.89. The zero-order chi connectivity index (χ0) is 18.5. The Hall–Kier alpha value is -3.48. The van der Waals surface area contributed by atoms with Gasteiger partial charge in [-0.1, -0.05) is 30.3 Å². The molecular formula is C20H20N6O. The lowest BCUT2D eigenvalue weighted by Gasteiger charge is -2.35. The number of nitrogens with zero attached hydrogens (tertiary/aromatic N) is 5. The van der Waals surface area contributed by atoms with Crippen LogP contribution in [0.1, 0.15) is 0 Å². The third kappa shape index (κ3) is 4.03. The highest BCUT2D eigenvalue weighted by atomic mass is 16.2. The van der Waals surface area contributed by atoms with Gasteiger partial charge in [-0.15, -0.1) is 5.10 Å². The zero-order valence-electron chi connectivity index (χ0n) is 14.8. The van der Waals surface area contributed by atoms with Crippen molar-refractivity contribution >= 4 is 17.5 Å². The molecule has 1 fully saturated rings. The summed E-state index contributed by atoms with van der Waals surface area (Å²) in [7, 11) is 0. The first-order chi connectivity index (χ1) is 13.3. The Bertz CT molecular complexity index is 895. The number of amides is 2. The second-order valence-electron chi connectivity index (χ2n) is 6.31. The van der Waals surface area contributed by atoms with E-state index in [-0.39, 0.29) is 6.03 Å². The highest BCUT2D eigenvalue weighted by Gasteiger charge is 2.22. The average Bonchev–Trinajstić information content (AvgIpc) is 2.75. The smallest absolute Gasteiger partial charge is 0.323 e. The fraction of sp³-hybridized carbons (Fsp3) is 0.200. The number of carbonyl (C=O) groups is 1. The molecule has 7 nitrogen and oxygen atoms in total. The molecule has 27 heavy (non-hydrogen) atoms. The van der Waals surface area contributed by atoms with Crippen LogP contribution in [0, 0.1) is 0 Å². The molecule has 1 N–H and O–H groups in total. The van der Waals surface area contributed by atoms with Gasteiger partial charge >= 0.3 is 6.03 Å². The van der Waals surface area contributed by atoms with Crippen molar-refractivity contribution in [1.82, 2.24) is 20.1 Å². The molecule has 2 amide bonds. The van der Waals surface area contributed by atoms with E-state index in [0.717, 1.165) is 29.9 Å². The Kier molecular flexibility index (Phi) is 4.91. The van der Waals surface area contributed by atoms with E-state index in [4.69, 9.17) is 0 Å². The maximum Gasteiger partial charge on any atom is 0.323 e. The molecule has 136 valence electrons. The summed E-state index contributed by atoms with van der Waals surface area (Å²) in [4.78, 5) is 20.8. The van der Waals surface area contributed by atoms with E-state index in [2.05, 4.69) is 43.6 Å². The van der Waals surface area contributed by atoms with Crippen molar-refractivity contribution in [2.75, 3.05) is 36.4 Å². The molecule has 1 aliphatic heterocycles. The van der Waals surface area contributed by atoms with Crippen LogP contribution in [0.15, 0.2) is 67.1 Å². The minimum Gasteiger partial charge on any atom is -0.367 e. The molecule has 2 aromatic heterocycles. The fourth-order valence-electron chi connectivity index (χ4n) is 3.11. The number of piperazine rings is 1. The van der Waals surface area contributed by atoms with Crippen molar-refractivity contribution in [1.29, 1.82) is 0 Å². The van der Waals surface area contributed by atoms with Crippen LogP contribution in [-0.2, 0) is 0 Å². The summed E-state index contributed by atoms with van der Waals surface area (Å²) in [5, 5.41) is 10.4. The van der Waals surface area contributed by atoms with Gasteiger partial charge in [0.1, 0.15) is 0 Å². The van der Waals surface area contributed by atoms with E-state index in [9.17, 15) is 4.79 Å². The molecule has 4 rings (SSSR count). The lowest BCUT2D eigenvalue weighted by Crippen LogP contribution is -2.50. The Balaban J connectivity index is 1.39. The number of hydrogen-bond acceptors (Lipinski definition) is 5. The van der Waals surface area contributed by atoms with Crippen molar-refractivity contribution in [3.05, 3.63) is 67.1 Å². The van der Waals surface area contributed by atoms with Gasteiger partial charge in [0.05, 0.1) is 11.9 Å². The Labute approximate surface area is 157 Å². The number of pyridine rings is 1. The summed E-state index contributed by atoms with van der Waals surface area (Å²) in [6, 6.07) is 15.7. The van der Waals surface area contributed by atoms with Crippen molar-refractivity contribution < 1.29 is 4.79 Å². The SMILES string of the molecule is O=C(Nc1cccnn1)N1CCN(c2cncc(-c3ccccc3)c2)CC1. The van der Waals surface area contributed by atoms with Gasteiger partial charge in [-0.2, -0.15) is 5.10 Å². The van der Waals surface area contributed by atoms with Gasteiger partial charge in [0.25, 0.3) is 0 Å². The molecule has 1 aromatic carbocycles. The van der Waals surface area contributed by atoms with Gasteiger partial charge in [0.15, 0.2) is 5.82 Å². The number of aromatic nitrogens is 3. The predicted molar refractivity (Wildman–Crippen MR) is 105 cm³/mol. The number of anilines is 2. The number of nitrogens with one attached hydrogen (secondary N) is 1. The third-order valence-corrected chi connectivity index (χ3v) is 4.57. The number of hydrogen-bond donors (Lipinski definition) is 1. The molecule has 0 aliphatic carbocycles. The summed E-state index contributed by atoms with van der Waals surface area (Å²) in [5.41, 5.74) is 3.31. The number of carbonyl (C=O) groups excluding carboxylic acids is 1. The molecule has 7 heteroatoms. The van der Waals surface area contributed by atoms with Crippen molar-refractivity contribution in [3.63, 3.8) is 0 Å². The average molecular weight is 360 g/mol. The van der Waals surface area contributed by atoms with E-state index in [1.165, 1.54) is 0 Å². The molecule has 0 atom stereocenters. The Morgan fingerprint density at radius 1 is 0.926 bits per heavy atom. The van der Waals surface area contributed by atoms with Crippen molar-refractivity contribution in [3.8, 4) is 11.1 Å². The second-order valence-corrected chi connectivity index (χ2v) is 6.31. The Morgan fingerprint density at radius 3 is 2.48 bits per heavy atom. The summed E-state index contributed by atoms with van der Waals surface area (Å²) < 4.78 is 0. The molecule has 0 saturated carbocycles. The zero-order valence-corrected chi connectivity index (χ0v) is 14.8. The van der Waals surface area contributed by atoms with Gasteiger partial charge < -0.3 is 9.80 Å². The van der Waals surface area contributed by atoms with Crippen LogP contribution in [-0.4, -0.2) is 52.3 Å². The molecule has 0 unspecified atom stereocenters. The van der Waals surface area contributed by atoms with E-state index >= 15 is 0 Å². The van der Waals surface area contributed by atoms with Gasteiger partial charge in [-0.3, -0.25) is 10.3 Å². The summed E-state index contributed by atoms with van der Waals surface area (Å²) in [5.74, 6) is 0.463. The molecule has 1 saturated heterocycles. The van der Waals surface area contributed by atoms with Crippen LogP contribution < -0.4 is 10.2 Å². The third-order valence-electron chi connectivity index (χ3n) is 4.57. The number of benzene rings is 1. The van der Waals surface area contributed by atoms with Crippen molar-refractivity contribution in [2.45, 2.75) is 0 Å². The summed E-state index contributed by atoms with van der Waals surface area (Å²) >= 11 is 0. The van der Waals surface area contributed by atoms with E-state index < -0.39 is 0 Å². The van der Waals surface area contributed by atoms with E-state index in [1.54, 1.807) is 23.2 Å². The molecule has 0 bridgehead atoms. The second kappa shape index (κ2) is 7.82. The maximum atomic E-state index is 12.4. The van der Waals surface area contributed by atoms with Crippen LogP contribution in [0.5, 0.6) is 0 Å². The molecule has 3 heterocycles. The summed E-state index contributed by atoms with van der Waals surface area (Å²) in [6.07, 6.45) is 5.33. The quantitative estimate of drug-likeness (QED) is 0.777. The molecule has 1 aliphatic rings. The first-order valence-electron chi connectivity index (χ1n) is 8.89. The molecule has 0 spiro atoms. The minimum atomic E-state index is -0.147. The van der Waals surface area contributed by atoms with Crippen LogP contribution in [0.4, 0.5) is 16.3 Å². The van der Waals surface area contributed by atoms with Gasteiger partial charge in [-0.25, -0.2) is 4.79 Å². The van der Waals surface area contributed by atoms with Crippen LogP contribution in [0.3, 0.4) is 0 Å². The normalized spacial score (nSPS) is 14.1. The topological polar surface area (TPSA) is 74.2 Å². The van der Waals surface area contributed by atoms with Crippen LogP contribution >= 0.6 is 0 Å². The lowest BCUT2D eigenvalue weighted by atomic mass is 10.1. The van der Waals surface area contributed by atoms with E-state index in [0.29, 0.717) is 18.9 Å². The standard InChI is InChI=1S/C20H20N6O/c27-20(23-19-7-4-8-22-24-19)26-11-9-25(10-12-26)18-13-17(14-21-15-18)16-5-2-1-3-6-16/h1-8,13-15H,9-12H2,(H,23,24,27). The first kappa shape index (κ1) is 17.0. The van der Waals surface area contributed by atoms with Gasteiger partial charge in [0, 0.05) is 44.1 Å². The van der Waals surface area contributed by atoms with Gasteiger partial charge in [-0.05, 0) is 23.8 Å². The minimum absolute atomic E-state index is 0.147. The monoisotopic (exact) mass is 360 g/mol. The highest BCUT2D eigenvalue weighted by Crippen LogP contribution is 2.24. The fourth-order valence-corrected chi connectivity index (χ4v) is 3.11. The number of urea groups is 1. The number of rotatable bonds is 3.